The molecular formula is C15H26N2O2. The van der Waals surface area contributed by atoms with E-state index in [1.807, 2.05) is 19.0 Å². The average molecular weight is 266 g/mol. The average Bonchev–Trinajstić information content (AvgIpc) is 3.12. The molecule has 4 nitrogen and oxygen atoms in total. The predicted octanol–water partition coefficient (Wildman–Crippen LogP) is 1.12. The molecule has 2 bridgehead atoms. The van der Waals surface area contributed by atoms with E-state index < -0.39 is 0 Å². The molecule has 4 heteroatoms. The maximum atomic E-state index is 12.5. The number of hydrogen-bond donors (Lipinski definition) is 1. The zero-order valence-electron chi connectivity index (χ0n) is 12.1. The minimum absolute atomic E-state index is 0.00795. The van der Waals surface area contributed by atoms with Crippen LogP contribution < -0.4 is 5.32 Å². The molecule has 3 fully saturated rings. The number of carbonyl (C=O) groups is 1. The third-order valence-corrected chi connectivity index (χ3v) is 5.54. The number of likely N-dealkylation sites (N-methyl/N-ethyl adjacent to an activating group) is 1. The minimum atomic E-state index is 0.00795. The van der Waals surface area contributed by atoms with Gasteiger partial charge in [0.2, 0.25) is 5.91 Å². The lowest BCUT2D eigenvalue weighted by Crippen LogP contribution is -2.45. The molecular weight excluding hydrogens is 240 g/mol. The van der Waals surface area contributed by atoms with E-state index in [2.05, 4.69) is 5.32 Å². The molecule has 5 atom stereocenters. The van der Waals surface area contributed by atoms with Crippen LogP contribution in [-0.4, -0.2) is 50.7 Å². The Morgan fingerprint density at radius 3 is 2.79 bits per heavy atom. The lowest BCUT2D eigenvalue weighted by Gasteiger charge is -2.29. The normalized spacial score (nSPS) is 40.8. The standard InChI is InChI=1S/C15H26N2O2/c1-16-14-9-19-8-13(14)15(18)17(2)7-12-6-10-3-4-11(12)5-10/h10-14,16H,3-9H2,1-2H3. The number of ether oxygens (including phenoxy) is 1. The summed E-state index contributed by atoms with van der Waals surface area (Å²) in [5.74, 6) is 2.87. The van der Waals surface area contributed by atoms with Gasteiger partial charge in [-0.1, -0.05) is 6.42 Å². The predicted molar refractivity (Wildman–Crippen MR) is 73.7 cm³/mol. The molecule has 3 rings (SSSR count). The van der Waals surface area contributed by atoms with Crippen molar-refractivity contribution in [1.82, 2.24) is 10.2 Å². The summed E-state index contributed by atoms with van der Waals surface area (Å²) in [6, 6.07) is 0.190. The van der Waals surface area contributed by atoms with E-state index in [0.29, 0.717) is 13.2 Å². The Bertz CT molecular complexity index is 347. The van der Waals surface area contributed by atoms with Gasteiger partial charge in [0.15, 0.2) is 0 Å². The first-order chi connectivity index (χ1) is 9.19. The van der Waals surface area contributed by atoms with Crippen LogP contribution in [-0.2, 0) is 9.53 Å². The Morgan fingerprint density at radius 2 is 2.16 bits per heavy atom. The van der Waals surface area contributed by atoms with Crippen molar-refractivity contribution >= 4 is 5.91 Å². The summed E-state index contributed by atoms with van der Waals surface area (Å²) in [6.45, 7) is 2.19. The van der Waals surface area contributed by atoms with Crippen molar-refractivity contribution < 1.29 is 9.53 Å². The van der Waals surface area contributed by atoms with E-state index in [-0.39, 0.29) is 17.9 Å². The molecule has 1 heterocycles. The van der Waals surface area contributed by atoms with Crippen LogP contribution in [0.2, 0.25) is 0 Å². The van der Waals surface area contributed by atoms with Gasteiger partial charge in [-0.25, -0.2) is 0 Å². The fourth-order valence-electron chi connectivity index (χ4n) is 4.41. The first kappa shape index (κ1) is 13.4. The van der Waals surface area contributed by atoms with E-state index in [0.717, 1.165) is 24.3 Å². The van der Waals surface area contributed by atoms with Crippen LogP contribution in [0.3, 0.4) is 0 Å². The SMILES string of the molecule is CNC1COCC1C(=O)N(C)CC1CC2CCC1C2. The first-order valence-electron chi connectivity index (χ1n) is 7.69. The zero-order valence-corrected chi connectivity index (χ0v) is 12.1. The second kappa shape index (κ2) is 5.41. The van der Waals surface area contributed by atoms with Crippen LogP contribution in [0.1, 0.15) is 25.7 Å². The summed E-state index contributed by atoms with van der Waals surface area (Å²) in [5.41, 5.74) is 0. The van der Waals surface area contributed by atoms with Gasteiger partial charge in [0.25, 0.3) is 0 Å². The Hall–Kier alpha value is -0.610. The zero-order chi connectivity index (χ0) is 13.4. The highest BCUT2D eigenvalue weighted by Gasteiger charge is 2.41. The highest BCUT2D eigenvalue weighted by Crippen LogP contribution is 2.48. The molecule has 2 aliphatic carbocycles. The summed E-state index contributed by atoms with van der Waals surface area (Å²) in [5, 5.41) is 3.20. The third kappa shape index (κ3) is 2.52. The van der Waals surface area contributed by atoms with Crippen molar-refractivity contribution in [2.45, 2.75) is 31.7 Å². The molecule has 1 saturated heterocycles. The molecule has 108 valence electrons. The lowest BCUT2D eigenvalue weighted by atomic mass is 9.88. The molecule has 0 aromatic heterocycles. The summed E-state index contributed by atoms with van der Waals surface area (Å²) >= 11 is 0. The van der Waals surface area contributed by atoms with E-state index in [1.165, 1.54) is 25.7 Å². The fraction of sp³-hybridized carbons (Fsp3) is 0.933. The highest BCUT2D eigenvalue weighted by molar-refractivity contribution is 5.79. The second-order valence-corrected chi connectivity index (χ2v) is 6.69. The smallest absolute Gasteiger partial charge is 0.229 e. The van der Waals surface area contributed by atoms with E-state index >= 15 is 0 Å². The molecule has 0 aromatic rings. The number of fused-ring (bicyclic) bond motifs is 2. The van der Waals surface area contributed by atoms with Crippen molar-refractivity contribution in [1.29, 1.82) is 0 Å². The molecule has 0 aromatic carbocycles. The quantitative estimate of drug-likeness (QED) is 0.829. The Labute approximate surface area is 115 Å². The Balaban J connectivity index is 1.55. The van der Waals surface area contributed by atoms with Crippen molar-refractivity contribution in [3.8, 4) is 0 Å². The minimum Gasteiger partial charge on any atom is -0.379 e. The van der Waals surface area contributed by atoms with Gasteiger partial charge in [0.1, 0.15) is 0 Å². The van der Waals surface area contributed by atoms with Crippen LogP contribution in [0.15, 0.2) is 0 Å². The van der Waals surface area contributed by atoms with Gasteiger partial charge >= 0.3 is 0 Å². The van der Waals surface area contributed by atoms with Crippen LogP contribution in [0, 0.1) is 23.7 Å². The van der Waals surface area contributed by atoms with Gasteiger partial charge < -0.3 is 15.0 Å². The summed E-state index contributed by atoms with van der Waals surface area (Å²) < 4.78 is 5.44. The number of carbonyl (C=O) groups excluding carboxylic acids is 1. The highest BCUT2D eigenvalue weighted by atomic mass is 16.5. The first-order valence-corrected chi connectivity index (χ1v) is 7.69. The van der Waals surface area contributed by atoms with Crippen molar-refractivity contribution in [2.75, 3.05) is 33.9 Å². The molecule has 2 saturated carbocycles. The molecule has 5 unspecified atom stereocenters. The van der Waals surface area contributed by atoms with E-state index in [1.54, 1.807) is 0 Å². The molecule has 0 radical (unpaired) electrons. The van der Waals surface area contributed by atoms with Gasteiger partial charge in [-0.15, -0.1) is 0 Å². The van der Waals surface area contributed by atoms with Crippen molar-refractivity contribution in [3.63, 3.8) is 0 Å². The van der Waals surface area contributed by atoms with Crippen LogP contribution >= 0.6 is 0 Å². The molecule has 1 N–H and O–H groups in total. The number of rotatable bonds is 4. The van der Waals surface area contributed by atoms with Gasteiger partial charge in [0.05, 0.1) is 19.1 Å². The topological polar surface area (TPSA) is 41.6 Å². The lowest BCUT2D eigenvalue weighted by molar-refractivity contribution is -0.135. The maximum absolute atomic E-state index is 12.5. The number of amides is 1. The monoisotopic (exact) mass is 266 g/mol. The van der Waals surface area contributed by atoms with E-state index in [9.17, 15) is 4.79 Å². The summed E-state index contributed by atoms with van der Waals surface area (Å²) in [7, 11) is 3.88. The van der Waals surface area contributed by atoms with Gasteiger partial charge in [-0.3, -0.25) is 4.79 Å². The molecule has 0 spiro atoms. The fourth-order valence-corrected chi connectivity index (χ4v) is 4.41. The third-order valence-electron chi connectivity index (χ3n) is 5.54. The van der Waals surface area contributed by atoms with Gasteiger partial charge in [-0.05, 0) is 44.1 Å². The van der Waals surface area contributed by atoms with Crippen molar-refractivity contribution in [3.05, 3.63) is 0 Å². The molecule has 1 aliphatic heterocycles. The molecule has 3 aliphatic rings. The number of nitrogens with one attached hydrogen (secondary N) is 1. The number of hydrogen-bond acceptors (Lipinski definition) is 3. The van der Waals surface area contributed by atoms with Crippen LogP contribution in [0.4, 0.5) is 0 Å². The van der Waals surface area contributed by atoms with Crippen LogP contribution in [0.5, 0.6) is 0 Å². The molecule has 1 amide bonds. The summed E-state index contributed by atoms with van der Waals surface area (Å²) in [4.78, 5) is 14.5. The van der Waals surface area contributed by atoms with Crippen molar-refractivity contribution in [2.24, 2.45) is 23.7 Å². The maximum Gasteiger partial charge on any atom is 0.229 e. The number of nitrogens with zero attached hydrogens (tertiary/aromatic N) is 1. The van der Waals surface area contributed by atoms with Gasteiger partial charge in [-0.2, -0.15) is 0 Å². The van der Waals surface area contributed by atoms with E-state index in [4.69, 9.17) is 4.74 Å². The van der Waals surface area contributed by atoms with Crippen LogP contribution in [0.25, 0.3) is 0 Å². The Kier molecular flexibility index (Phi) is 3.81. The second-order valence-electron chi connectivity index (χ2n) is 6.69. The van der Waals surface area contributed by atoms with Gasteiger partial charge in [0, 0.05) is 19.6 Å². The molecule has 19 heavy (non-hydrogen) atoms. The summed E-state index contributed by atoms with van der Waals surface area (Å²) in [6.07, 6.45) is 5.58. The largest absolute Gasteiger partial charge is 0.379 e. The Morgan fingerprint density at radius 1 is 1.32 bits per heavy atom.